The molecule has 3 nitrogen and oxygen atoms in total. The summed E-state index contributed by atoms with van der Waals surface area (Å²) < 4.78 is 16.2. The number of benzene rings is 1. The van der Waals surface area contributed by atoms with E-state index in [9.17, 15) is 4.39 Å². The van der Waals surface area contributed by atoms with Crippen molar-refractivity contribution < 1.29 is 4.39 Å². The van der Waals surface area contributed by atoms with Crippen molar-refractivity contribution in [3.8, 4) is 0 Å². The van der Waals surface area contributed by atoms with Gasteiger partial charge in [-0.05, 0) is 18.6 Å². The highest BCUT2D eigenvalue weighted by Gasteiger charge is 2.06. The van der Waals surface area contributed by atoms with Gasteiger partial charge in [0.25, 0.3) is 0 Å². The van der Waals surface area contributed by atoms with E-state index in [0.29, 0.717) is 18.7 Å². The fourth-order valence-electron chi connectivity index (χ4n) is 2.03. The Bertz CT molecular complexity index is 566. The first-order valence-electron chi connectivity index (χ1n) is 6.26. The van der Waals surface area contributed by atoms with Gasteiger partial charge in [-0.1, -0.05) is 28.9 Å². The summed E-state index contributed by atoms with van der Waals surface area (Å²) in [5.41, 5.74) is 2.93. The average Bonchev–Trinajstić information content (AvgIpc) is 2.72. The van der Waals surface area contributed by atoms with Gasteiger partial charge in [-0.3, -0.25) is 4.68 Å². The molecule has 0 bridgehead atoms. The second-order valence-corrected chi connectivity index (χ2v) is 5.38. The van der Waals surface area contributed by atoms with E-state index in [2.05, 4.69) is 33.3 Å². The summed E-state index contributed by atoms with van der Waals surface area (Å²) in [5, 5.41) is 7.64. The van der Waals surface area contributed by atoms with Gasteiger partial charge in [-0.25, -0.2) is 4.39 Å². The van der Waals surface area contributed by atoms with Crippen molar-refractivity contribution in [3.63, 3.8) is 0 Å². The van der Waals surface area contributed by atoms with Gasteiger partial charge in [0.15, 0.2) is 0 Å². The van der Waals surface area contributed by atoms with Crippen LogP contribution in [0.3, 0.4) is 0 Å². The van der Waals surface area contributed by atoms with Crippen molar-refractivity contribution in [1.82, 2.24) is 15.1 Å². The van der Waals surface area contributed by atoms with E-state index in [1.807, 2.05) is 24.0 Å². The fourth-order valence-corrected chi connectivity index (χ4v) is 2.36. The largest absolute Gasteiger partial charge is 0.308 e. The number of nitrogens with zero attached hydrogens (tertiary/aromatic N) is 2. The molecule has 0 amide bonds. The minimum atomic E-state index is -0.191. The maximum Gasteiger partial charge on any atom is 0.128 e. The third kappa shape index (κ3) is 3.64. The molecule has 1 aromatic heterocycles. The first kappa shape index (κ1) is 14.2. The zero-order valence-corrected chi connectivity index (χ0v) is 12.7. The van der Waals surface area contributed by atoms with E-state index in [-0.39, 0.29) is 5.82 Å². The Morgan fingerprint density at radius 1 is 1.32 bits per heavy atom. The average molecular weight is 326 g/mol. The van der Waals surface area contributed by atoms with Crippen LogP contribution in [0.4, 0.5) is 4.39 Å². The smallest absolute Gasteiger partial charge is 0.128 e. The molecular weight excluding hydrogens is 309 g/mol. The number of hydrogen-bond donors (Lipinski definition) is 1. The van der Waals surface area contributed by atoms with E-state index in [1.165, 1.54) is 11.6 Å². The second kappa shape index (κ2) is 6.30. The molecule has 0 saturated carbocycles. The first-order chi connectivity index (χ1) is 9.10. The Hall–Kier alpha value is -1.20. The van der Waals surface area contributed by atoms with Crippen LogP contribution in [0.5, 0.6) is 0 Å². The third-order valence-corrected chi connectivity index (χ3v) is 3.47. The molecule has 1 aromatic carbocycles. The number of rotatable bonds is 5. The first-order valence-corrected chi connectivity index (χ1v) is 7.05. The summed E-state index contributed by atoms with van der Waals surface area (Å²) in [6, 6.07) is 5.12. The molecule has 0 aliphatic rings. The van der Waals surface area contributed by atoms with Crippen molar-refractivity contribution in [3.05, 3.63) is 51.5 Å². The maximum atomic E-state index is 13.6. The van der Waals surface area contributed by atoms with E-state index >= 15 is 0 Å². The molecule has 1 heterocycles. The van der Waals surface area contributed by atoms with E-state index in [0.717, 1.165) is 16.6 Å². The van der Waals surface area contributed by atoms with Crippen molar-refractivity contribution in [1.29, 1.82) is 0 Å². The SMILES string of the molecule is CCc1nn(C)cc1CNCc1ccc(Br)cc1F. The Morgan fingerprint density at radius 3 is 2.74 bits per heavy atom. The zero-order chi connectivity index (χ0) is 13.8. The zero-order valence-electron chi connectivity index (χ0n) is 11.1. The molecule has 0 unspecified atom stereocenters. The molecular formula is C14H17BrFN3. The van der Waals surface area contributed by atoms with Crippen molar-refractivity contribution in [2.45, 2.75) is 26.4 Å². The lowest BCUT2D eigenvalue weighted by molar-refractivity contribution is 0.586. The fraction of sp³-hybridized carbons (Fsp3) is 0.357. The summed E-state index contributed by atoms with van der Waals surface area (Å²) in [6.07, 6.45) is 2.91. The van der Waals surface area contributed by atoms with Crippen LogP contribution in [0.2, 0.25) is 0 Å². The van der Waals surface area contributed by atoms with Crippen LogP contribution in [-0.2, 0) is 26.6 Å². The van der Waals surface area contributed by atoms with Crippen LogP contribution in [-0.4, -0.2) is 9.78 Å². The summed E-state index contributed by atoms with van der Waals surface area (Å²) in [7, 11) is 1.91. The van der Waals surface area contributed by atoms with Crippen molar-refractivity contribution >= 4 is 15.9 Å². The van der Waals surface area contributed by atoms with Gasteiger partial charge >= 0.3 is 0 Å². The van der Waals surface area contributed by atoms with Gasteiger partial charge in [0, 0.05) is 41.9 Å². The highest BCUT2D eigenvalue weighted by Crippen LogP contribution is 2.15. The summed E-state index contributed by atoms with van der Waals surface area (Å²) in [5.74, 6) is -0.191. The van der Waals surface area contributed by atoms with Gasteiger partial charge in [0.05, 0.1) is 5.69 Å². The molecule has 0 spiro atoms. The van der Waals surface area contributed by atoms with E-state index in [1.54, 1.807) is 6.07 Å². The minimum Gasteiger partial charge on any atom is -0.308 e. The normalized spacial score (nSPS) is 10.9. The molecule has 2 rings (SSSR count). The molecule has 0 saturated heterocycles. The van der Waals surface area contributed by atoms with Crippen LogP contribution < -0.4 is 5.32 Å². The number of aromatic nitrogens is 2. The molecule has 0 radical (unpaired) electrons. The lowest BCUT2D eigenvalue weighted by atomic mass is 10.2. The number of nitrogens with one attached hydrogen (secondary N) is 1. The summed E-state index contributed by atoms with van der Waals surface area (Å²) >= 11 is 3.25. The standard InChI is InChI=1S/C14H17BrFN3/c1-3-14-11(9-19(2)18-14)8-17-7-10-4-5-12(15)6-13(10)16/h4-6,9,17H,3,7-8H2,1-2H3. The molecule has 0 fully saturated rings. The summed E-state index contributed by atoms with van der Waals surface area (Å²) in [4.78, 5) is 0. The van der Waals surface area contributed by atoms with Crippen LogP contribution in [0, 0.1) is 5.82 Å². The van der Waals surface area contributed by atoms with Gasteiger partial charge in [-0.2, -0.15) is 5.10 Å². The maximum absolute atomic E-state index is 13.6. The number of aryl methyl sites for hydroxylation is 2. The van der Waals surface area contributed by atoms with Crippen molar-refractivity contribution in [2.75, 3.05) is 0 Å². The van der Waals surface area contributed by atoms with Crippen LogP contribution >= 0.6 is 15.9 Å². The van der Waals surface area contributed by atoms with Gasteiger partial charge in [0.2, 0.25) is 0 Å². The molecule has 0 atom stereocenters. The quantitative estimate of drug-likeness (QED) is 0.915. The van der Waals surface area contributed by atoms with Gasteiger partial charge < -0.3 is 5.32 Å². The van der Waals surface area contributed by atoms with E-state index in [4.69, 9.17) is 0 Å². The lowest BCUT2D eigenvalue weighted by Gasteiger charge is -2.06. The van der Waals surface area contributed by atoms with Gasteiger partial charge in [0.1, 0.15) is 5.82 Å². The van der Waals surface area contributed by atoms with Crippen LogP contribution in [0.1, 0.15) is 23.7 Å². The Balaban J connectivity index is 1.96. The predicted octanol–water partition coefficient (Wildman–Crippen LogP) is 3.17. The minimum absolute atomic E-state index is 0.191. The topological polar surface area (TPSA) is 29.9 Å². The molecule has 5 heteroatoms. The lowest BCUT2D eigenvalue weighted by Crippen LogP contribution is -2.14. The number of hydrogen-bond acceptors (Lipinski definition) is 2. The van der Waals surface area contributed by atoms with Crippen LogP contribution in [0.15, 0.2) is 28.9 Å². The highest BCUT2D eigenvalue weighted by molar-refractivity contribution is 9.10. The Labute approximate surface area is 121 Å². The van der Waals surface area contributed by atoms with Crippen molar-refractivity contribution in [2.24, 2.45) is 7.05 Å². The third-order valence-electron chi connectivity index (χ3n) is 2.97. The monoisotopic (exact) mass is 325 g/mol. The molecule has 0 aliphatic carbocycles. The van der Waals surface area contributed by atoms with Gasteiger partial charge in [-0.15, -0.1) is 0 Å². The second-order valence-electron chi connectivity index (χ2n) is 4.47. The van der Waals surface area contributed by atoms with Crippen LogP contribution in [0.25, 0.3) is 0 Å². The molecule has 0 aliphatic heterocycles. The summed E-state index contributed by atoms with van der Waals surface area (Å²) in [6.45, 7) is 3.30. The Kier molecular flexibility index (Phi) is 4.71. The molecule has 1 N–H and O–H groups in total. The predicted molar refractivity (Wildman–Crippen MR) is 77.2 cm³/mol. The highest BCUT2D eigenvalue weighted by atomic mass is 79.9. The Morgan fingerprint density at radius 2 is 2.05 bits per heavy atom. The van der Waals surface area contributed by atoms with E-state index < -0.39 is 0 Å². The molecule has 102 valence electrons. The molecule has 2 aromatic rings. The number of halogens is 2. The molecule has 19 heavy (non-hydrogen) atoms.